The molecule has 2 fully saturated rings. The van der Waals surface area contributed by atoms with Gasteiger partial charge in [0.25, 0.3) is 0 Å². The van der Waals surface area contributed by atoms with Gasteiger partial charge in [-0.25, -0.2) is 9.78 Å². The number of carbonyl (C=O) groups is 1. The van der Waals surface area contributed by atoms with Gasteiger partial charge in [0.05, 0.1) is 12.7 Å². The van der Waals surface area contributed by atoms with E-state index >= 15 is 0 Å². The van der Waals surface area contributed by atoms with Crippen molar-refractivity contribution >= 4 is 21.9 Å². The zero-order chi connectivity index (χ0) is 14.2. The topological polar surface area (TPSA) is 60.5 Å². The maximum absolute atomic E-state index is 11.3. The molecule has 1 spiro atoms. The highest BCUT2D eigenvalue weighted by molar-refractivity contribution is 9.10. The Morgan fingerprint density at radius 1 is 1.45 bits per heavy atom. The highest BCUT2D eigenvalue weighted by atomic mass is 79.9. The molecule has 0 unspecified atom stereocenters. The minimum absolute atomic E-state index is 0.0178. The fourth-order valence-electron chi connectivity index (χ4n) is 3.18. The molecule has 3 rings (SSSR count). The molecule has 0 bridgehead atoms. The van der Waals surface area contributed by atoms with Gasteiger partial charge >= 0.3 is 5.97 Å². The van der Waals surface area contributed by atoms with Crippen molar-refractivity contribution in [1.29, 1.82) is 0 Å². The molecule has 1 saturated heterocycles. The van der Waals surface area contributed by atoms with Gasteiger partial charge in [-0.2, -0.15) is 0 Å². The molecular formula is C14H17BrN2O3. The second kappa shape index (κ2) is 5.09. The van der Waals surface area contributed by atoms with E-state index in [1.807, 2.05) is 18.3 Å². The average Bonchev–Trinajstić information content (AvgIpc) is 2.37. The Morgan fingerprint density at radius 2 is 2.20 bits per heavy atom. The quantitative estimate of drug-likeness (QED) is 0.666. The molecule has 1 aromatic rings. The molecule has 20 heavy (non-hydrogen) atoms. The Kier molecular flexibility index (Phi) is 3.56. The Morgan fingerprint density at radius 3 is 2.70 bits per heavy atom. The van der Waals surface area contributed by atoms with Crippen LogP contribution >= 0.6 is 15.9 Å². The Labute approximate surface area is 126 Å². The molecule has 1 N–H and O–H groups in total. The third-order valence-electron chi connectivity index (χ3n) is 4.27. The van der Waals surface area contributed by atoms with Crippen molar-refractivity contribution in [2.45, 2.75) is 18.4 Å². The second-order valence-electron chi connectivity index (χ2n) is 5.69. The number of carbonyl (C=O) groups excluding carboxylic acids is 1. The van der Waals surface area contributed by atoms with Gasteiger partial charge in [0.2, 0.25) is 0 Å². The predicted molar refractivity (Wildman–Crippen MR) is 76.1 cm³/mol. The van der Waals surface area contributed by atoms with Crippen molar-refractivity contribution < 1.29 is 14.3 Å². The number of hydrogen-bond acceptors (Lipinski definition) is 5. The molecule has 0 atom stereocenters. The number of hydrogen-bond donors (Lipinski definition) is 1. The van der Waals surface area contributed by atoms with Crippen LogP contribution in [0.25, 0.3) is 0 Å². The van der Waals surface area contributed by atoms with Crippen LogP contribution in [0.2, 0.25) is 0 Å². The SMILES string of the molecule is COC(=O)COC1(c2ccc(Br)nc2)CC2(CNC2)C1. The molecule has 1 aromatic heterocycles. The summed E-state index contributed by atoms with van der Waals surface area (Å²) in [5.41, 5.74) is 0.967. The van der Waals surface area contributed by atoms with Gasteiger partial charge in [-0.3, -0.25) is 0 Å². The van der Waals surface area contributed by atoms with E-state index in [1.54, 1.807) is 0 Å². The summed E-state index contributed by atoms with van der Waals surface area (Å²) in [7, 11) is 1.37. The largest absolute Gasteiger partial charge is 0.467 e. The average molecular weight is 341 g/mol. The molecule has 1 aliphatic heterocycles. The van der Waals surface area contributed by atoms with Gasteiger partial charge in [0, 0.05) is 30.3 Å². The lowest BCUT2D eigenvalue weighted by molar-refractivity contribution is -0.201. The first-order valence-electron chi connectivity index (χ1n) is 6.61. The van der Waals surface area contributed by atoms with E-state index in [9.17, 15) is 4.79 Å². The standard InChI is InChI=1S/C14H17BrN2O3/c1-19-12(18)5-20-14(6-13(7-14)8-16-9-13)10-2-3-11(15)17-4-10/h2-4,16H,5-9H2,1H3. The highest BCUT2D eigenvalue weighted by Gasteiger charge is 2.59. The minimum Gasteiger partial charge on any atom is -0.467 e. The Balaban J connectivity index is 1.77. The van der Waals surface area contributed by atoms with E-state index in [0.717, 1.165) is 36.1 Å². The number of nitrogens with zero attached hydrogens (tertiary/aromatic N) is 1. The molecule has 2 aliphatic rings. The molecule has 6 heteroatoms. The number of pyridine rings is 1. The lowest BCUT2D eigenvalue weighted by Crippen LogP contribution is -2.66. The van der Waals surface area contributed by atoms with Gasteiger partial charge in [0.1, 0.15) is 11.2 Å². The summed E-state index contributed by atoms with van der Waals surface area (Å²) in [6, 6.07) is 3.91. The maximum atomic E-state index is 11.3. The number of nitrogens with one attached hydrogen (secondary N) is 1. The van der Waals surface area contributed by atoms with Crippen molar-refractivity contribution in [2.75, 3.05) is 26.8 Å². The van der Waals surface area contributed by atoms with Crippen LogP contribution in [0.15, 0.2) is 22.9 Å². The Hall–Kier alpha value is -0.980. The number of ether oxygens (including phenoxy) is 2. The van der Waals surface area contributed by atoms with Crippen LogP contribution in [0, 0.1) is 5.41 Å². The van der Waals surface area contributed by atoms with Crippen LogP contribution in [0.1, 0.15) is 18.4 Å². The summed E-state index contributed by atoms with van der Waals surface area (Å²) in [5.74, 6) is -0.345. The molecule has 108 valence electrons. The van der Waals surface area contributed by atoms with Gasteiger partial charge in [-0.05, 0) is 34.8 Å². The van der Waals surface area contributed by atoms with Gasteiger partial charge in [-0.15, -0.1) is 0 Å². The summed E-state index contributed by atoms with van der Waals surface area (Å²) < 4.78 is 11.4. The smallest absolute Gasteiger partial charge is 0.331 e. The summed E-state index contributed by atoms with van der Waals surface area (Å²) >= 11 is 3.34. The van der Waals surface area contributed by atoms with Gasteiger partial charge < -0.3 is 14.8 Å². The van der Waals surface area contributed by atoms with Gasteiger partial charge in [0.15, 0.2) is 0 Å². The zero-order valence-corrected chi connectivity index (χ0v) is 12.9. The summed E-state index contributed by atoms with van der Waals surface area (Å²) in [6.45, 7) is 2.04. The van der Waals surface area contributed by atoms with E-state index in [1.165, 1.54) is 7.11 Å². The number of aromatic nitrogens is 1. The monoisotopic (exact) mass is 340 g/mol. The lowest BCUT2D eigenvalue weighted by atomic mass is 9.54. The van der Waals surface area contributed by atoms with Crippen LogP contribution in [-0.4, -0.2) is 37.8 Å². The van der Waals surface area contributed by atoms with Crippen LogP contribution in [0.4, 0.5) is 0 Å². The fraction of sp³-hybridized carbons (Fsp3) is 0.571. The molecule has 5 nitrogen and oxygen atoms in total. The number of halogens is 1. The molecule has 0 aromatic carbocycles. The molecule has 1 aliphatic carbocycles. The summed E-state index contributed by atoms with van der Waals surface area (Å²) in [5, 5.41) is 3.31. The fourth-order valence-corrected chi connectivity index (χ4v) is 3.41. The highest BCUT2D eigenvalue weighted by Crippen LogP contribution is 2.58. The van der Waals surface area contributed by atoms with Gasteiger partial charge in [-0.1, -0.05) is 6.07 Å². The summed E-state index contributed by atoms with van der Waals surface area (Å²) in [6.07, 6.45) is 3.67. The van der Waals surface area contributed by atoms with E-state index in [2.05, 4.69) is 31.0 Å². The number of rotatable bonds is 4. The predicted octanol–water partition coefficient (Wildman–Crippen LogP) is 1.61. The second-order valence-corrected chi connectivity index (χ2v) is 6.50. The van der Waals surface area contributed by atoms with E-state index in [4.69, 9.17) is 4.74 Å². The first-order chi connectivity index (χ1) is 9.57. The van der Waals surface area contributed by atoms with Crippen LogP contribution < -0.4 is 5.32 Å². The molecular weight excluding hydrogens is 324 g/mol. The first kappa shape index (κ1) is 14.0. The van der Waals surface area contributed by atoms with Crippen molar-refractivity contribution in [2.24, 2.45) is 5.41 Å². The minimum atomic E-state index is -0.399. The molecule has 1 saturated carbocycles. The third-order valence-corrected chi connectivity index (χ3v) is 4.74. The summed E-state index contributed by atoms with van der Waals surface area (Å²) in [4.78, 5) is 15.6. The van der Waals surface area contributed by atoms with Crippen molar-refractivity contribution in [3.63, 3.8) is 0 Å². The molecule has 2 heterocycles. The number of methoxy groups -OCH3 is 1. The molecule has 0 radical (unpaired) electrons. The zero-order valence-electron chi connectivity index (χ0n) is 11.3. The normalized spacial score (nSPS) is 21.9. The van der Waals surface area contributed by atoms with E-state index in [0.29, 0.717) is 5.41 Å². The lowest BCUT2D eigenvalue weighted by Gasteiger charge is -2.60. The van der Waals surface area contributed by atoms with Crippen molar-refractivity contribution in [3.05, 3.63) is 28.5 Å². The van der Waals surface area contributed by atoms with Crippen LogP contribution in [0.5, 0.6) is 0 Å². The van der Waals surface area contributed by atoms with Crippen LogP contribution in [0.3, 0.4) is 0 Å². The molecule has 0 amide bonds. The van der Waals surface area contributed by atoms with Crippen molar-refractivity contribution in [3.8, 4) is 0 Å². The van der Waals surface area contributed by atoms with E-state index in [-0.39, 0.29) is 12.6 Å². The third kappa shape index (κ3) is 2.36. The van der Waals surface area contributed by atoms with E-state index < -0.39 is 5.60 Å². The number of esters is 1. The maximum Gasteiger partial charge on any atom is 0.331 e. The van der Waals surface area contributed by atoms with Crippen LogP contribution in [-0.2, 0) is 19.9 Å². The van der Waals surface area contributed by atoms with Crippen molar-refractivity contribution in [1.82, 2.24) is 10.3 Å². The Bertz CT molecular complexity index is 506. The first-order valence-corrected chi connectivity index (χ1v) is 7.40.